The van der Waals surface area contributed by atoms with Gasteiger partial charge in [-0.3, -0.25) is 4.68 Å². The first-order valence-corrected chi connectivity index (χ1v) is 7.29. The molecule has 1 aromatic heterocycles. The summed E-state index contributed by atoms with van der Waals surface area (Å²) in [5, 5.41) is 4.10. The fraction of sp³-hybridized carbons (Fsp3) is 0.438. The van der Waals surface area contributed by atoms with Gasteiger partial charge in [0.1, 0.15) is 0 Å². The predicted molar refractivity (Wildman–Crippen MR) is 79.8 cm³/mol. The lowest BCUT2D eigenvalue weighted by molar-refractivity contribution is 0.152. The summed E-state index contributed by atoms with van der Waals surface area (Å²) < 4.78 is 28.6. The maximum atomic E-state index is 13.5. The van der Waals surface area contributed by atoms with Crippen molar-refractivity contribution < 1.29 is 8.78 Å². The number of alkyl halides is 2. The van der Waals surface area contributed by atoms with Gasteiger partial charge in [-0.25, -0.2) is 8.78 Å². The number of benzene rings is 1. The third-order valence-electron chi connectivity index (χ3n) is 4.10. The Kier molecular flexibility index (Phi) is 3.66. The molecule has 2 aromatic rings. The van der Waals surface area contributed by atoms with Gasteiger partial charge in [-0.2, -0.15) is 5.10 Å². The van der Waals surface area contributed by atoms with E-state index in [2.05, 4.69) is 16.9 Å². The van der Waals surface area contributed by atoms with Crippen molar-refractivity contribution in [3.63, 3.8) is 0 Å². The SMILES string of the molecule is CCN1CCCc2cc(-c3cnn(C)c3)c(C(F)F)cc21. The average molecular weight is 291 g/mol. The molecular weight excluding hydrogens is 272 g/mol. The molecule has 0 saturated carbocycles. The number of rotatable bonds is 3. The van der Waals surface area contributed by atoms with E-state index in [0.29, 0.717) is 5.56 Å². The highest BCUT2D eigenvalue weighted by atomic mass is 19.3. The second kappa shape index (κ2) is 5.47. The van der Waals surface area contributed by atoms with Crippen LogP contribution >= 0.6 is 0 Å². The molecular formula is C16H19F2N3. The van der Waals surface area contributed by atoms with Gasteiger partial charge in [0.05, 0.1) is 6.20 Å². The van der Waals surface area contributed by atoms with Gasteiger partial charge in [-0.05, 0) is 43.0 Å². The number of halogens is 2. The minimum atomic E-state index is -2.48. The number of aryl methyl sites for hydroxylation is 2. The Hall–Kier alpha value is -1.91. The minimum absolute atomic E-state index is 0.0992. The van der Waals surface area contributed by atoms with Crippen LogP contribution in [-0.2, 0) is 13.5 Å². The van der Waals surface area contributed by atoms with Crippen molar-refractivity contribution >= 4 is 5.69 Å². The minimum Gasteiger partial charge on any atom is -0.372 e. The van der Waals surface area contributed by atoms with Crippen LogP contribution in [0.3, 0.4) is 0 Å². The standard InChI is InChI=1S/C16H19F2N3/c1-3-21-6-4-5-11-7-13(12-9-19-20(2)10-12)14(16(17)18)8-15(11)21/h7-10,16H,3-6H2,1-2H3. The highest BCUT2D eigenvalue weighted by Crippen LogP contribution is 2.38. The zero-order chi connectivity index (χ0) is 15.0. The van der Waals surface area contributed by atoms with Gasteiger partial charge in [0.25, 0.3) is 6.43 Å². The molecule has 0 fully saturated rings. The Morgan fingerprint density at radius 3 is 2.76 bits per heavy atom. The van der Waals surface area contributed by atoms with Crippen LogP contribution in [0, 0.1) is 0 Å². The van der Waals surface area contributed by atoms with Gasteiger partial charge in [-0.1, -0.05) is 0 Å². The van der Waals surface area contributed by atoms with E-state index in [1.54, 1.807) is 30.2 Å². The maximum absolute atomic E-state index is 13.5. The van der Waals surface area contributed by atoms with Crippen LogP contribution in [-0.4, -0.2) is 22.9 Å². The molecule has 21 heavy (non-hydrogen) atoms. The average Bonchev–Trinajstić information content (AvgIpc) is 2.91. The number of aromatic nitrogens is 2. The number of anilines is 1. The summed E-state index contributed by atoms with van der Waals surface area (Å²) in [5.41, 5.74) is 3.58. The van der Waals surface area contributed by atoms with E-state index in [0.717, 1.165) is 42.7 Å². The molecule has 0 aliphatic carbocycles. The van der Waals surface area contributed by atoms with Gasteiger partial charge in [-0.15, -0.1) is 0 Å². The van der Waals surface area contributed by atoms with E-state index in [1.807, 2.05) is 6.07 Å². The maximum Gasteiger partial charge on any atom is 0.264 e. The topological polar surface area (TPSA) is 21.1 Å². The molecule has 1 aliphatic heterocycles. The lowest BCUT2D eigenvalue weighted by atomic mass is 9.93. The molecule has 0 N–H and O–H groups in total. The van der Waals surface area contributed by atoms with Gasteiger partial charge in [0.2, 0.25) is 0 Å². The summed E-state index contributed by atoms with van der Waals surface area (Å²) in [7, 11) is 1.79. The van der Waals surface area contributed by atoms with Crippen molar-refractivity contribution in [2.24, 2.45) is 7.05 Å². The molecule has 0 atom stereocenters. The zero-order valence-corrected chi connectivity index (χ0v) is 12.3. The van der Waals surface area contributed by atoms with Gasteiger partial charge >= 0.3 is 0 Å². The summed E-state index contributed by atoms with van der Waals surface area (Å²) >= 11 is 0. The van der Waals surface area contributed by atoms with Gasteiger partial charge < -0.3 is 4.90 Å². The quantitative estimate of drug-likeness (QED) is 0.857. The van der Waals surface area contributed by atoms with Crippen LogP contribution < -0.4 is 4.90 Å². The Morgan fingerprint density at radius 1 is 1.33 bits per heavy atom. The lowest BCUT2D eigenvalue weighted by Gasteiger charge is -2.31. The second-order valence-corrected chi connectivity index (χ2v) is 5.45. The smallest absolute Gasteiger partial charge is 0.264 e. The first-order chi connectivity index (χ1) is 10.1. The van der Waals surface area contributed by atoms with Crippen LogP contribution in [0.15, 0.2) is 24.5 Å². The van der Waals surface area contributed by atoms with E-state index in [1.165, 1.54) is 0 Å². The molecule has 112 valence electrons. The molecule has 0 unspecified atom stereocenters. The fourth-order valence-electron chi connectivity index (χ4n) is 3.04. The Balaban J connectivity index is 2.16. The molecule has 0 spiro atoms. The van der Waals surface area contributed by atoms with Crippen molar-refractivity contribution in [2.75, 3.05) is 18.0 Å². The van der Waals surface area contributed by atoms with Crippen LogP contribution in [0.1, 0.15) is 30.9 Å². The number of hydrogen-bond acceptors (Lipinski definition) is 2. The largest absolute Gasteiger partial charge is 0.372 e. The number of hydrogen-bond donors (Lipinski definition) is 0. The molecule has 5 heteroatoms. The first-order valence-electron chi connectivity index (χ1n) is 7.29. The Labute approximate surface area is 123 Å². The van der Waals surface area contributed by atoms with Crippen molar-refractivity contribution in [1.29, 1.82) is 0 Å². The highest BCUT2D eigenvalue weighted by molar-refractivity contribution is 5.73. The van der Waals surface area contributed by atoms with Crippen molar-refractivity contribution in [2.45, 2.75) is 26.2 Å². The molecule has 3 nitrogen and oxygen atoms in total. The van der Waals surface area contributed by atoms with Gasteiger partial charge in [0, 0.05) is 43.1 Å². The molecule has 0 radical (unpaired) electrons. The molecule has 0 amide bonds. The lowest BCUT2D eigenvalue weighted by Crippen LogP contribution is -2.29. The zero-order valence-electron chi connectivity index (χ0n) is 12.3. The fourth-order valence-corrected chi connectivity index (χ4v) is 3.04. The van der Waals surface area contributed by atoms with E-state index >= 15 is 0 Å². The number of fused-ring (bicyclic) bond motifs is 1. The number of nitrogens with zero attached hydrogens (tertiary/aromatic N) is 3. The summed E-state index contributed by atoms with van der Waals surface area (Å²) in [5.74, 6) is 0. The molecule has 0 saturated heterocycles. The van der Waals surface area contributed by atoms with E-state index in [4.69, 9.17) is 0 Å². The molecule has 1 aromatic carbocycles. The predicted octanol–water partition coefficient (Wildman–Crippen LogP) is 3.80. The molecule has 2 heterocycles. The highest BCUT2D eigenvalue weighted by Gasteiger charge is 2.23. The van der Waals surface area contributed by atoms with Crippen molar-refractivity contribution in [1.82, 2.24) is 9.78 Å². The summed E-state index contributed by atoms with van der Waals surface area (Å²) in [6, 6.07) is 3.60. The van der Waals surface area contributed by atoms with Crippen LogP contribution in [0.5, 0.6) is 0 Å². The molecule has 0 bridgehead atoms. The normalized spacial score (nSPS) is 14.6. The van der Waals surface area contributed by atoms with E-state index in [-0.39, 0.29) is 5.56 Å². The van der Waals surface area contributed by atoms with Crippen molar-refractivity contribution in [3.05, 3.63) is 35.7 Å². The third-order valence-corrected chi connectivity index (χ3v) is 4.10. The first kappa shape index (κ1) is 14.0. The molecule has 3 rings (SSSR count). The van der Waals surface area contributed by atoms with Crippen LogP contribution in [0.4, 0.5) is 14.5 Å². The van der Waals surface area contributed by atoms with E-state index < -0.39 is 6.43 Å². The Morgan fingerprint density at radius 2 is 2.14 bits per heavy atom. The summed E-state index contributed by atoms with van der Waals surface area (Å²) in [6.07, 6.45) is 2.97. The van der Waals surface area contributed by atoms with E-state index in [9.17, 15) is 8.78 Å². The van der Waals surface area contributed by atoms with Crippen molar-refractivity contribution in [3.8, 4) is 11.1 Å². The van der Waals surface area contributed by atoms with Crippen LogP contribution in [0.25, 0.3) is 11.1 Å². The van der Waals surface area contributed by atoms with Crippen LogP contribution in [0.2, 0.25) is 0 Å². The van der Waals surface area contributed by atoms with Gasteiger partial charge in [0.15, 0.2) is 0 Å². The monoisotopic (exact) mass is 291 g/mol. The molecule has 1 aliphatic rings. The second-order valence-electron chi connectivity index (χ2n) is 5.45. The summed E-state index contributed by atoms with van der Waals surface area (Å²) in [4.78, 5) is 2.18. The third kappa shape index (κ3) is 2.52. The summed E-state index contributed by atoms with van der Waals surface area (Å²) in [6.45, 7) is 3.85. The Bertz CT molecular complexity index is 649.